The molecule has 1 N–H and O–H groups in total. The molecule has 0 saturated carbocycles. The van der Waals surface area contributed by atoms with E-state index in [0.717, 1.165) is 34.8 Å². The minimum absolute atomic E-state index is 0.0105. The first-order valence-corrected chi connectivity index (χ1v) is 174. The van der Waals surface area contributed by atoms with Crippen molar-refractivity contribution in [2.24, 2.45) is 0 Å². The molecule has 0 aliphatic heterocycles. The minimum Gasteiger partial charge on any atom is -0.321 e. The Balaban J connectivity index is 0.00000156. The van der Waals surface area contributed by atoms with Gasteiger partial charge >= 0.3 is 0 Å². The number of nitrogens with one attached hydrogen (secondary N) is 1. The van der Waals surface area contributed by atoms with Gasteiger partial charge in [-0.2, -0.15) is 0 Å². The molecule has 0 saturated heterocycles. The van der Waals surface area contributed by atoms with Gasteiger partial charge in [0.05, 0.1) is 17.0 Å². The topological polar surface area (TPSA) is 80.2 Å². The maximum Gasteiger partial charge on any atom is 0.198 e. The van der Waals surface area contributed by atoms with E-state index in [1.165, 1.54) is 17.8 Å². The van der Waals surface area contributed by atoms with Gasteiger partial charge in [-0.15, -0.1) is 0 Å². The van der Waals surface area contributed by atoms with Crippen LogP contribution in [0.25, 0.3) is 22.7 Å². The summed E-state index contributed by atoms with van der Waals surface area (Å²) in [6, 6.07) is 0. The van der Waals surface area contributed by atoms with Crippen LogP contribution in [-0.2, 0) is 1010 Å². The molecular formula is C20H26N6S111. The highest BCUT2D eigenvalue weighted by Crippen LogP contribution is 2.47. The van der Waals surface area contributed by atoms with Gasteiger partial charge in [0.15, 0.2) is 11.3 Å². The van der Waals surface area contributed by atoms with E-state index in [2.05, 4.69) is 68.4 Å². The number of rotatable bonds is 1. The molecule has 0 unspecified atom stereocenters. The monoisotopic (exact) mass is 3900 g/mol. The Labute approximate surface area is 1110 Å². The quantitative estimate of drug-likeness (QED) is 0.398. The van der Waals surface area contributed by atoms with Crippen molar-refractivity contribution in [2.45, 2.75) is 71.1 Å². The summed E-state index contributed by atoms with van der Waals surface area (Å²) in [5.74, 6) is 1.52. The average Bonchev–Trinajstić information content (AvgIpc) is 1.58. The van der Waals surface area contributed by atoms with Crippen molar-refractivity contribution in [1.29, 1.82) is 0 Å². The van der Waals surface area contributed by atoms with Gasteiger partial charge in [0, 0.05) is 1020 Å². The zero-order valence-corrected chi connectivity index (χ0v) is 153. The molecule has 0 spiro atoms. The number of imidazole rings is 1. The van der Waals surface area contributed by atoms with E-state index in [9.17, 15) is 0 Å². The van der Waals surface area contributed by atoms with Crippen molar-refractivity contribution in [1.82, 2.24) is 29.9 Å². The number of aromatic nitrogens is 6. The molecule has 0 amide bonds. The lowest BCUT2D eigenvalue weighted by atomic mass is 9.83. The fourth-order valence-electron chi connectivity index (χ4n) is 5.24. The number of nitrogens with zero attached hydrogens (tertiary/aromatic N) is 5. The van der Waals surface area contributed by atoms with Crippen LogP contribution >= 0.6 is 0 Å². The molecule has 1 aliphatic rings. The summed E-state index contributed by atoms with van der Waals surface area (Å²) >= 11 is 9.66. The second-order valence-corrected chi connectivity index (χ2v) is 210. The van der Waals surface area contributed by atoms with Crippen molar-refractivity contribution in [3.8, 4) is 11.4 Å². The maximum absolute atomic E-state index is 4.89. The maximum atomic E-state index is 4.89. The number of hydrogen-bond donors (Lipinski definition) is 1. The molecule has 0 fully saturated rings. The van der Waals surface area contributed by atoms with Crippen LogP contribution in [0.4, 0.5) is 0 Å². The molecule has 3 aromatic heterocycles. The highest BCUT2D eigenvalue weighted by Gasteiger charge is 2.45. The molecule has 137 heavy (non-hydrogen) atoms. The number of hydrogen-bond acceptors (Lipinski definition) is 7. The van der Waals surface area contributed by atoms with Gasteiger partial charge in [-0.25, -0.2) is 24.9 Å². The third kappa shape index (κ3) is 104. The Kier molecular flexibility index (Phi) is 136. The van der Waals surface area contributed by atoms with Gasteiger partial charge in [-0.05, 0) is 6.42 Å². The summed E-state index contributed by atoms with van der Waals surface area (Å²) in [4.78, 5) is 26.7. The van der Waals surface area contributed by atoms with Crippen LogP contribution < -0.4 is 0 Å². The molecular weight excluding hydrogens is 3880 g/mol. The van der Waals surface area contributed by atoms with E-state index in [1.54, 1.807) is 107 Å². The van der Waals surface area contributed by atoms with Gasteiger partial charge < -0.3 is 4.98 Å². The Morgan fingerprint density at radius 1 is 0.204 bits per heavy atom. The first-order chi connectivity index (χ1) is 67.4. The Morgan fingerprint density at radius 3 is 0.467 bits per heavy atom. The Hall–Kier alpha value is 22.0. The molecule has 0 bridgehead atoms. The molecule has 3 heterocycles. The predicted molar refractivity (Wildman–Crippen MR) is 920 cm³/mol. The second kappa shape index (κ2) is 122. The van der Waals surface area contributed by atoms with Crippen LogP contribution in [0.2, 0.25) is 0 Å². The molecule has 117 heteroatoms. The summed E-state index contributed by atoms with van der Waals surface area (Å²) in [7, 11) is 198. The summed E-state index contributed by atoms with van der Waals surface area (Å²) in [5, 5.41) is 0. The van der Waals surface area contributed by atoms with Crippen molar-refractivity contribution in [2.75, 3.05) is 0 Å². The smallest absolute Gasteiger partial charge is 0.198 e. The zero-order chi connectivity index (χ0) is 98.0. The van der Waals surface area contributed by atoms with E-state index in [1.807, 2.05) is 856 Å². The number of H-pyrrole nitrogens is 1. The van der Waals surface area contributed by atoms with Crippen molar-refractivity contribution >= 4 is 1000 Å². The van der Waals surface area contributed by atoms with Gasteiger partial charge in [0.25, 0.3) is 0 Å². The lowest BCUT2D eigenvalue weighted by Crippen LogP contribution is -2.18. The van der Waals surface area contributed by atoms with Gasteiger partial charge in [0.2, 0.25) is 0 Å². The third-order valence-corrected chi connectivity index (χ3v) is 248. The van der Waals surface area contributed by atoms with Crippen LogP contribution in [-0.4, -0.2) is 29.9 Å². The van der Waals surface area contributed by atoms with E-state index < -0.39 is 0 Å². The van der Waals surface area contributed by atoms with E-state index in [-0.39, 0.29) is 16.2 Å². The normalized spacial score (nSPS) is 9.86. The zero-order valence-electron chi connectivity index (χ0n) is 61.9. The van der Waals surface area contributed by atoms with Crippen molar-refractivity contribution in [3.05, 3.63) is 29.6 Å². The average molecular weight is 3910 g/mol. The number of fused-ring (bicyclic) bond motifs is 2. The molecule has 802 valence electrons. The van der Waals surface area contributed by atoms with E-state index in [4.69, 9.17) is 32.3 Å². The van der Waals surface area contributed by atoms with Crippen LogP contribution in [0.3, 0.4) is 0 Å². The highest BCUT2D eigenvalue weighted by atomic mass is 33.6. The summed E-state index contributed by atoms with van der Waals surface area (Å²) in [6.45, 7) is 15.2. The second-order valence-electron chi connectivity index (χ2n) is 17.1. The molecule has 3 aromatic rings. The highest BCUT2D eigenvalue weighted by molar-refractivity contribution is 8.88. The molecule has 1 aliphatic carbocycles. The van der Waals surface area contributed by atoms with Gasteiger partial charge in [-0.3, -0.25) is 0 Å². The third-order valence-electron chi connectivity index (χ3n) is 8.09. The van der Waals surface area contributed by atoms with Gasteiger partial charge in [0.1, 0.15) is 11.6 Å². The molecule has 4 rings (SSSR count). The molecule has 0 atom stereocenters. The van der Waals surface area contributed by atoms with Crippen LogP contribution in [0, 0.1) is 0 Å². The SMILES string of the molecule is CC(C)(C)c1ncc(-c2nc3nc4c(nc3[nH]2)C(C)(C)CC4(C)C)cn1.S=S=S=S=S=S=S=S=S=S=S=S=S=S=S=S=S=S=S=S=S=S=S=S=S=S=S=S=S=S=S=S=S=S=S=S=S=S=S=S=S=S=S=S=S=S=S=S=S=S=S=S=S=S=S=S=S=S=S=S=S=S=S=S=S=S=S=S=S=S=S=S=S=S=S=S=S=S=S=S=S=S=S=S=S=S=S=S=S=S=S=S=S=S=S=S=S=S=S=S=S=S=S=S=S=S=S=S=S=S=S. The molecule has 0 radical (unpaired) electrons. The number of aromatic amines is 1. The molecule has 0 aromatic carbocycles. The largest absolute Gasteiger partial charge is 0.321 e. The van der Waals surface area contributed by atoms with Gasteiger partial charge in [-0.1, -0.05) is 48.5 Å². The summed E-state index contributed by atoms with van der Waals surface area (Å²) in [5.41, 5.74) is 4.31. The summed E-state index contributed by atoms with van der Waals surface area (Å²) < 4.78 is 0. The fraction of sp³-hybridized carbons (Fsp3) is 0.550. The summed E-state index contributed by atoms with van der Waals surface area (Å²) in [6.07, 6.45) is 4.66. The predicted octanol–water partition coefficient (Wildman–Crippen LogP) is 3.80. The first kappa shape index (κ1) is 153. The lowest BCUT2D eigenvalue weighted by Gasteiger charge is -2.21. The Morgan fingerprint density at radius 2 is 0.336 bits per heavy atom. The standard InChI is InChI=1S/C20H26N6.S111/c1-18(2,3)17-21-8-11(9-22-17)14-25-15-16(26-14)24-13-12(23-15)19(4,5)10-20(13,6)7;1-3-5-7-9-11-13-15-17-19-21-23-25-27-29-31-33-35-37-39-41-43-45-47-49-51-53-55-57-59-61-63-65-67-69-71-73-75-77-79-81-83-85-87-89-91-93-95-97-99-101-103-105-107-109-111-110-108-106-104-102-100-98-96-94-92-90-88-86-84-82-80-78-76-74-72-70-68-66-64-62-60-58-56-54-52-50-48-46-44-42-40-38-36-34-32-30-28-26-24-22-20-18-16-14-12-10-8-6-4-2/h8-9H,10H2,1-7H3,(H,23,24,25,26);. The Bertz CT molecular complexity index is 10100. The molecule has 6 nitrogen and oxygen atoms in total. The van der Waals surface area contributed by atoms with Crippen LogP contribution in [0.5, 0.6) is 0 Å². The fourth-order valence-corrected chi connectivity index (χ4v) is 299. The minimum atomic E-state index is -0.0759. The first-order valence-electron chi connectivity index (χ1n) is 27.4. The van der Waals surface area contributed by atoms with Crippen molar-refractivity contribution < 1.29 is 0 Å². The van der Waals surface area contributed by atoms with Crippen LogP contribution in [0.1, 0.15) is 72.1 Å². The van der Waals surface area contributed by atoms with Crippen LogP contribution in [0.15, 0.2) is 12.4 Å². The van der Waals surface area contributed by atoms with E-state index >= 15 is 0 Å². The van der Waals surface area contributed by atoms with Crippen molar-refractivity contribution in [3.63, 3.8) is 0 Å². The lowest BCUT2D eigenvalue weighted by molar-refractivity contribution is 0.396. The van der Waals surface area contributed by atoms with E-state index in [0.29, 0.717) is 11.5 Å².